The standard InChI is InChI=1S/C12H22F3NS/c1-2-17-8-4-7-16-11-6-3-5-10(9-11)12(13,14)15/h10-11,16H,2-9H2,1H3. The van der Waals surface area contributed by atoms with Crippen molar-refractivity contribution in [1.82, 2.24) is 5.32 Å². The van der Waals surface area contributed by atoms with Gasteiger partial charge in [-0.05, 0) is 43.7 Å². The predicted octanol–water partition coefficient (Wildman–Crippen LogP) is 3.84. The lowest BCUT2D eigenvalue weighted by Crippen LogP contribution is -2.39. The monoisotopic (exact) mass is 269 g/mol. The molecular weight excluding hydrogens is 247 g/mol. The molecule has 5 heteroatoms. The topological polar surface area (TPSA) is 12.0 Å². The molecule has 1 fully saturated rings. The molecule has 0 spiro atoms. The van der Waals surface area contributed by atoms with Crippen molar-refractivity contribution in [2.75, 3.05) is 18.1 Å². The number of nitrogens with one attached hydrogen (secondary N) is 1. The van der Waals surface area contributed by atoms with Gasteiger partial charge in [-0.2, -0.15) is 24.9 Å². The summed E-state index contributed by atoms with van der Waals surface area (Å²) in [5, 5.41) is 3.27. The molecule has 1 aliphatic rings. The maximum atomic E-state index is 12.6. The lowest BCUT2D eigenvalue weighted by atomic mass is 9.85. The molecule has 1 N–H and O–H groups in total. The Hall–Kier alpha value is 0.100. The van der Waals surface area contributed by atoms with Crippen molar-refractivity contribution < 1.29 is 13.2 Å². The van der Waals surface area contributed by atoms with Crippen LogP contribution >= 0.6 is 11.8 Å². The minimum absolute atomic E-state index is 0.0713. The van der Waals surface area contributed by atoms with Crippen molar-refractivity contribution >= 4 is 11.8 Å². The second kappa shape index (κ2) is 7.52. The predicted molar refractivity (Wildman–Crippen MR) is 67.4 cm³/mol. The van der Waals surface area contributed by atoms with E-state index in [1.165, 1.54) is 0 Å². The molecule has 0 radical (unpaired) electrons. The molecule has 0 aromatic rings. The van der Waals surface area contributed by atoms with Gasteiger partial charge in [0.05, 0.1) is 5.92 Å². The minimum atomic E-state index is -4.00. The zero-order chi connectivity index (χ0) is 12.7. The van der Waals surface area contributed by atoms with Crippen LogP contribution in [0.2, 0.25) is 0 Å². The lowest BCUT2D eigenvalue weighted by molar-refractivity contribution is -0.183. The highest BCUT2D eigenvalue weighted by Gasteiger charge is 2.41. The van der Waals surface area contributed by atoms with E-state index in [4.69, 9.17) is 0 Å². The molecule has 0 heterocycles. The Morgan fingerprint density at radius 1 is 1.29 bits per heavy atom. The average molecular weight is 269 g/mol. The van der Waals surface area contributed by atoms with Crippen molar-refractivity contribution in [3.63, 3.8) is 0 Å². The number of alkyl halides is 3. The van der Waals surface area contributed by atoms with Gasteiger partial charge in [-0.1, -0.05) is 13.3 Å². The Bertz CT molecular complexity index is 208. The van der Waals surface area contributed by atoms with Gasteiger partial charge < -0.3 is 5.32 Å². The van der Waals surface area contributed by atoms with Gasteiger partial charge in [0.1, 0.15) is 0 Å². The van der Waals surface area contributed by atoms with E-state index in [2.05, 4.69) is 12.2 Å². The van der Waals surface area contributed by atoms with Crippen LogP contribution in [-0.4, -0.2) is 30.3 Å². The van der Waals surface area contributed by atoms with Crippen molar-refractivity contribution in [3.05, 3.63) is 0 Å². The van der Waals surface area contributed by atoms with E-state index >= 15 is 0 Å². The van der Waals surface area contributed by atoms with Crippen molar-refractivity contribution in [3.8, 4) is 0 Å². The van der Waals surface area contributed by atoms with Gasteiger partial charge in [0, 0.05) is 6.04 Å². The van der Waals surface area contributed by atoms with Gasteiger partial charge in [0.2, 0.25) is 0 Å². The molecule has 0 saturated heterocycles. The molecule has 0 aromatic heterocycles. The van der Waals surface area contributed by atoms with Gasteiger partial charge in [0.15, 0.2) is 0 Å². The Balaban J connectivity index is 2.17. The first-order valence-electron chi connectivity index (χ1n) is 6.42. The Labute approximate surface area is 106 Å². The molecule has 0 bridgehead atoms. The van der Waals surface area contributed by atoms with Gasteiger partial charge in [-0.15, -0.1) is 0 Å². The van der Waals surface area contributed by atoms with Gasteiger partial charge in [-0.25, -0.2) is 0 Å². The third-order valence-corrected chi connectivity index (χ3v) is 4.23. The van der Waals surface area contributed by atoms with E-state index in [0.717, 1.165) is 30.9 Å². The smallest absolute Gasteiger partial charge is 0.314 e. The minimum Gasteiger partial charge on any atom is -0.314 e. The van der Waals surface area contributed by atoms with E-state index in [0.29, 0.717) is 12.8 Å². The van der Waals surface area contributed by atoms with E-state index in [1.54, 1.807) is 0 Å². The highest BCUT2D eigenvalue weighted by Crippen LogP contribution is 2.37. The molecular formula is C12H22F3NS. The van der Waals surface area contributed by atoms with Crippen LogP contribution in [0.25, 0.3) is 0 Å². The van der Waals surface area contributed by atoms with Crippen molar-refractivity contribution in [2.24, 2.45) is 5.92 Å². The van der Waals surface area contributed by atoms with Crippen LogP contribution < -0.4 is 5.32 Å². The number of hydrogen-bond acceptors (Lipinski definition) is 2. The summed E-state index contributed by atoms with van der Waals surface area (Å²) in [6, 6.07) is 0.0713. The van der Waals surface area contributed by atoms with Crippen LogP contribution in [0.4, 0.5) is 13.2 Å². The quantitative estimate of drug-likeness (QED) is 0.735. The van der Waals surface area contributed by atoms with Gasteiger partial charge in [-0.3, -0.25) is 0 Å². The normalized spacial score (nSPS) is 26.1. The SMILES string of the molecule is CCSCCCNC1CCCC(C(F)(F)F)C1. The highest BCUT2D eigenvalue weighted by atomic mass is 32.2. The highest BCUT2D eigenvalue weighted by molar-refractivity contribution is 7.99. The second-order valence-electron chi connectivity index (χ2n) is 4.61. The summed E-state index contributed by atoms with van der Waals surface area (Å²) in [5.41, 5.74) is 0. The average Bonchev–Trinajstić information content (AvgIpc) is 2.28. The van der Waals surface area contributed by atoms with E-state index in [1.807, 2.05) is 11.8 Å². The molecule has 102 valence electrons. The van der Waals surface area contributed by atoms with Gasteiger partial charge in [0.25, 0.3) is 0 Å². The second-order valence-corrected chi connectivity index (χ2v) is 6.00. The third-order valence-electron chi connectivity index (χ3n) is 3.24. The number of halogens is 3. The van der Waals surface area contributed by atoms with Gasteiger partial charge >= 0.3 is 6.18 Å². The summed E-state index contributed by atoms with van der Waals surface area (Å²) < 4.78 is 37.7. The number of hydrogen-bond donors (Lipinski definition) is 1. The molecule has 0 aliphatic heterocycles. The summed E-state index contributed by atoms with van der Waals surface area (Å²) in [7, 11) is 0. The molecule has 1 rings (SSSR count). The van der Waals surface area contributed by atoms with Crippen LogP contribution in [0, 0.1) is 5.92 Å². The van der Waals surface area contributed by atoms with E-state index < -0.39 is 12.1 Å². The van der Waals surface area contributed by atoms with Crippen LogP contribution in [0.1, 0.15) is 39.0 Å². The largest absolute Gasteiger partial charge is 0.391 e. The molecule has 2 unspecified atom stereocenters. The number of thioether (sulfide) groups is 1. The molecule has 1 aliphatic carbocycles. The van der Waals surface area contributed by atoms with Crippen molar-refractivity contribution in [1.29, 1.82) is 0 Å². The first-order valence-corrected chi connectivity index (χ1v) is 7.57. The summed E-state index contributed by atoms with van der Waals surface area (Å²) in [6.45, 7) is 2.97. The van der Waals surface area contributed by atoms with E-state index in [-0.39, 0.29) is 12.5 Å². The molecule has 1 saturated carbocycles. The zero-order valence-corrected chi connectivity index (χ0v) is 11.2. The maximum absolute atomic E-state index is 12.6. The fourth-order valence-corrected chi connectivity index (χ4v) is 2.93. The van der Waals surface area contributed by atoms with Crippen LogP contribution in [0.5, 0.6) is 0 Å². The van der Waals surface area contributed by atoms with E-state index in [9.17, 15) is 13.2 Å². The third kappa shape index (κ3) is 6.00. The number of rotatable bonds is 6. The first-order chi connectivity index (χ1) is 8.04. The maximum Gasteiger partial charge on any atom is 0.391 e. The summed E-state index contributed by atoms with van der Waals surface area (Å²) in [5.74, 6) is 1.12. The summed E-state index contributed by atoms with van der Waals surface area (Å²) in [6.07, 6.45) is -0.777. The fourth-order valence-electron chi connectivity index (χ4n) is 2.30. The molecule has 0 aromatic carbocycles. The van der Waals surface area contributed by atoms with Crippen LogP contribution in [-0.2, 0) is 0 Å². The molecule has 0 amide bonds. The molecule has 1 nitrogen and oxygen atoms in total. The zero-order valence-electron chi connectivity index (χ0n) is 10.4. The molecule has 17 heavy (non-hydrogen) atoms. The Morgan fingerprint density at radius 3 is 2.71 bits per heavy atom. The lowest BCUT2D eigenvalue weighted by Gasteiger charge is -2.31. The molecule has 2 atom stereocenters. The first kappa shape index (κ1) is 15.2. The summed E-state index contributed by atoms with van der Waals surface area (Å²) >= 11 is 1.88. The van der Waals surface area contributed by atoms with Crippen LogP contribution in [0.3, 0.4) is 0 Å². The van der Waals surface area contributed by atoms with Crippen molar-refractivity contribution in [2.45, 2.75) is 51.2 Å². The van der Waals surface area contributed by atoms with Crippen LogP contribution in [0.15, 0.2) is 0 Å². The summed E-state index contributed by atoms with van der Waals surface area (Å²) in [4.78, 5) is 0. The Kier molecular flexibility index (Phi) is 6.70. The fraction of sp³-hybridized carbons (Fsp3) is 1.00. The Morgan fingerprint density at radius 2 is 2.06 bits per heavy atom.